The van der Waals surface area contributed by atoms with E-state index in [2.05, 4.69) is 50.8 Å². The molecule has 0 bridgehead atoms. The standard InChI is InChI=1S/C7H13N2.C4H10O3P/c1-3-8-5-6-9(4-2)7-8;1-3-6-8(5)7-4-2/h5-7H,3-4H2,1-2H3;3-4H2,1-2H3/q2*+1. The molecule has 0 atom stereocenters. The molecule has 0 saturated carbocycles. The van der Waals surface area contributed by atoms with Crippen molar-refractivity contribution in [2.45, 2.75) is 40.8 Å². The fourth-order valence-electron chi connectivity index (χ4n) is 1.06. The number of aryl methyl sites for hydroxylation is 2. The maximum atomic E-state index is 10.3. The predicted molar refractivity (Wildman–Crippen MR) is 66.8 cm³/mol. The molecule has 0 N–H and O–H groups in total. The van der Waals surface area contributed by atoms with Crippen LogP contribution in [0, 0.1) is 0 Å². The maximum absolute atomic E-state index is 10.3. The van der Waals surface area contributed by atoms with Crippen molar-refractivity contribution in [3.63, 3.8) is 0 Å². The highest BCUT2D eigenvalue weighted by Gasteiger charge is 2.15. The molecule has 0 aliphatic heterocycles. The number of hydrogen-bond donors (Lipinski definition) is 0. The molecule has 0 unspecified atom stereocenters. The summed E-state index contributed by atoms with van der Waals surface area (Å²) in [6.45, 7) is 10.8. The second kappa shape index (κ2) is 10.4. The van der Waals surface area contributed by atoms with Gasteiger partial charge in [0.2, 0.25) is 6.33 Å². The van der Waals surface area contributed by atoms with Crippen LogP contribution in [0.2, 0.25) is 0 Å². The lowest BCUT2D eigenvalue weighted by molar-refractivity contribution is -0.693. The van der Waals surface area contributed by atoms with Gasteiger partial charge in [0.25, 0.3) is 0 Å². The van der Waals surface area contributed by atoms with Gasteiger partial charge in [0, 0.05) is 4.57 Å². The van der Waals surface area contributed by atoms with Gasteiger partial charge in [-0.05, 0) is 27.7 Å². The highest BCUT2D eigenvalue weighted by molar-refractivity contribution is 7.33. The van der Waals surface area contributed by atoms with Gasteiger partial charge in [-0.25, -0.2) is 9.13 Å². The smallest absolute Gasteiger partial charge is 0.237 e. The number of hydrogen-bond acceptors (Lipinski definition) is 3. The first kappa shape index (κ1) is 16.2. The van der Waals surface area contributed by atoms with E-state index < -0.39 is 8.25 Å². The van der Waals surface area contributed by atoms with Gasteiger partial charge in [-0.2, -0.15) is 0 Å². The van der Waals surface area contributed by atoms with Gasteiger partial charge in [0.1, 0.15) is 25.6 Å². The number of imidazole rings is 1. The molecule has 0 fully saturated rings. The second-order valence-electron chi connectivity index (χ2n) is 3.13. The zero-order valence-corrected chi connectivity index (χ0v) is 12.0. The minimum absolute atomic E-state index is 0.440. The Morgan fingerprint density at radius 1 is 1.18 bits per heavy atom. The second-order valence-corrected chi connectivity index (χ2v) is 4.10. The van der Waals surface area contributed by atoms with Crippen LogP contribution in [0.15, 0.2) is 18.7 Å². The molecule has 0 aliphatic carbocycles. The SMILES string of the molecule is CCO[P+](=O)OCC.CCn1cc[n+](CC)c1. The van der Waals surface area contributed by atoms with Crippen LogP contribution in [0.3, 0.4) is 0 Å². The molecule has 1 rings (SSSR count). The molecule has 1 aromatic rings. The van der Waals surface area contributed by atoms with Crippen LogP contribution in [0.4, 0.5) is 0 Å². The van der Waals surface area contributed by atoms with Gasteiger partial charge < -0.3 is 0 Å². The van der Waals surface area contributed by atoms with Crippen molar-refractivity contribution < 1.29 is 18.2 Å². The maximum Gasteiger partial charge on any atom is 0.697 e. The molecule has 0 spiro atoms. The minimum Gasteiger partial charge on any atom is -0.237 e. The van der Waals surface area contributed by atoms with E-state index in [4.69, 9.17) is 0 Å². The third-order valence-corrected chi connectivity index (χ3v) is 2.88. The van der Waals surface area contributed by atoms with E-state index in [0.717, 1.165) is 13.1 Å². The summed E-state index contributed by atoms with van der Waals surface area (Å²) in [5.74, 6) is 0. The average Bonchev–Trinajstić information content (AvgIpc) is 2.78. The zero-order chi connectivity index (χ0) is 13.1. The third kappa shape index (κ3) is 8.02. The predicted octanol–water partition coefficient (Wildman–Crippen LogP) is 2.53. The minimum atomic E-state index is -1.83. The highest BCUT2D eigenvalue weighted by Crippen LogP contribution is 2.21. The van der Waals surface area contributed by atoms with Gasteiger partial charge in [-0.15, -0.1) is 9.05 Å². The summed E-state index contributed by atoms with van der Waals surface area (Å²) in [5.41, 5.74) is 0. The van der Waals surface area contributed by atoms with Crippen LogP contribution in [0.1, 0.15) is 27.7 Å². The Bertz CT molecular complexity index is 289. The number of rotatable bonds is 6. The summed E-state index contributed by atoms with van der Waals surface area (Å²) >= 11 is 0. The Kier molecular flexibility index (Phi) is 9.92. The molecule has 0 aliphatic rings. The number of nitrogens with zero attached hydrogens (tertiary/aromatic N) is 2. The van der Waals surface area contributed by atoms with E-state index in [9.17, 15) is 4.57 Å². The van der Waals surface area contributed by atoms with Crippen molar-refractivity contribution in [1.29, 1.82) is 0 Å². The van der Waals surface area contributed by atoms with Gasteiger partial charge in [-0.1, -0.05) is 0 Å². The first-order chi connectivity index (χ1) is 8.17. The van der Waals surface area contributed by atoms with E-state index in [1.54, 1.807) is 13.8 Å². The Hall–Kier alpha value is -0.770. The van der Waals surface area contributed by atoms with Crippen LogP contribution in [0.25, 0.3) is 0 Å². The molecule has 1 aromatic heterocycles. The van der Waals surface area contributed by atoms with E-state index in [1.165, 1.54) is 0 Å². The quantitative estimate of drug-likeness (QED) is 0.584. The molecular weight excluding hydrogens is 239 g/mol. The lowest BCUT2D eigenvalue weighted by atomic mass is 10.7. The van der Waals surface area contributed by atoms with Gasteiger partial charge in [0.15, 0.2) is 0 Å². The normalized spacial score (nSPS) is 9.65. The van der Waals surface area contributed by atoms with Crippen molar-refractivity contribution in [3.05, 3.63) is 18.7 Å². The summed E-state index contributed by atoms with van der Waals surface area (Å²) in [6, 6.07) is 0. The van der Waals surface area contributed by atoms with E-state index >= 15 is 0 Å². The van der Waals surface area contributed by atoms with Crippen LogP contribution in [0.5, 0.6) is 0 Å². The van der Waals surface area contributed by atoms with Crippen molar-refractivity contribution in [2.24, 2.45) is 0 Å². The summed E-state index contributed by atoms with van der Waals surface area (Å²) < 4.78 is 23.8. The van der Waals surface area contributed by atoms with E-state index in [0.29, 0.717) is 13.2 Å². The average molecular weight is 262 g/mol. The number of aromatic nitrogens is 2. The molecule has 0 amide bonds. The van der Waals surface area contributed by atoms with Crippen LogP contribution < -0.4 is 4.57 Å². The van der Waals surface area contributed by atoms with Crippen LogP contribution in [-0.2, 0) is 26.7 Å². The molecule has 98 valence electrons. The first-order valence-corrected chi connectivity index (χ1v) is 7.05. The zero-order valence-electron chi connectivity index (χ0n) is 11.1. The lowest BCUT2D eigenvalue weighted by Gasteiger charge is -1.84. The Labute approximate surface area is 104 Å². The first-order valence-electron chi connectivity index (χ1n) is 5.95. The molecule has 17 heavy (non-hydrogen) atoms. The topological polar surface area (TPSA) is 44.3 Å². The van der Waals surface area contributed by atoms with Gasteiger partial charge in [0.05, 0.1) is 13.1 Å². The largest absolute Gasteiger partial charge is 0.697 e. The van der Waals surface area contributed by atoms with Gasteiger partial charge in [-0.3, -0.25) is 0 Å². The summed E-state index contributed by atoms with van der Waals surface area (Å²) in [4.78, 5) is 0. The van der Waals surface area contributed by atoms with Crippen molar-refractivity contribution >= 4 is 8.25 Å². The van der Waals surface area contributed by atoms with Crippen molar-refractivity contribution in [3.8, 4) is 0 Å². The molecule has 0 radical (unpaired) electrons. The molecule has 6 heteroatoms. The van der Waals surface area contributed by atoms with Crippen LogP contribution in [-0.4, -0.2) is 17.8 Å². The summed E-state index contributed by atoms with van der Waals surface area (Å²) in [7, 11) is -1.83. The van der Waals surface area contributed by atoms with E-state index in [-0.39, 0.29) is 0 Å². The Morgan fingerprint density at radius 2 is 1.76 bits per heavy atom. The highest BCUT2D eigenvalue weighted by atomic mass is 31.1. The van der Waals surface area contributed by atoms with Crippen molar-refractivity contribution in [2.75, 3.05) is 13.2 Å². The Morgan fingerprint density at radius 3 is 2.06 bits per heavy atom. The molecular formula is C11H23N2O3P+2. The third-order valence-electron chi connectivity index (χ3n) is 1.95. The monoisotopic (exact) mass is 262 g/mol. The van der Waals surface area contributed by atoms with Crippen LogP contribution >= 0.6 is 8.25 Å². The van der Waals surface area contributed by atoms with Gasteiger partial charge >= 0.3 is 8.25 Å². The fourth-order valence-corrected chi connectivity index (χ4v) is 1.56. The fraction of sp³-hybridized carbons (Fsp3) is 0.727. The molecule has 0 aromatic carbocycles. The summed E-state index contributed by atoms with van der Waals surface area (Å²) in [5, 5.41) is 0. The van der Waals surface area contributed by atoms with Crippen molar-refractivity contribution in [1.82, 2.24) is 4.57 Å². The molecule has 0 saturated heterocycles. The van der Waals surface area contributed by atoms with E-state index in [1.807, 2.05) is 0 Å². The molecule has 5 nitrogen and oxygen atoms in total. The Balaban J connectivity index is 0.000000304. The molecule has 1 heterocycles. The lowest BCUT2D eigenvalue weighted by Crippen LogP contribution is -2.28. The summed E-state index contributed by atoms with van der Waals surface area (Å²) in [6.07, 6.45) is 6.28.